The highest BCUT2D eigenvalue weighted by atomic mass is 16.5. The smallest absolute Gasteiger partial charge is 0.142 e. The van der Waals surface area contributed by atoms with Gasteiger partial charge in [-0.05, 0) is 19.9 Å². The van der Waals surface area contributed by atoms with Gasteiger partial charge in [-0.3, -0.25) is 0 Å². The Morgan fingerprint density at radius 1 is 1.71 bits per heavy atom. The van der Waals surface area contributed by atoms with E-state index >= 15 is 0 Å². The minimum Gasteiger partial charge on any atom is -0.376 e. The average Bonchev–Trinajstić information content (AvgIpc) is 2.72. The van der Waals surface area contributed by atoms with Gasteiger partial charge in [0.1, 0.15) is 5.76 Å². The normalized spacial score (nSPS) is 27.8. The van der Waals surface area contributed by atoms with Crippen molar-refractivity contribution >= 4 is 0 Å². The van der Waals surface area contributed by atoms with Crippen molar-refractivity contribution in [2.24, 2.45) is 0 Å². The number of nitrogens with zero attached hydrogens (tertiary/aromatic N) is 1. The summed E-state index contributed by atoms with van der Waals surface area (Å²) in [7, 11) is 0. The maximum Gasteiger partial charge on any atom is 0.142 e. The Morgan fingerprint density at radius 3 is 3.36 bits per heavy atom. The Morgan fingerprint density at radius 2 is 2.64 bits per heavy atom. The summed E-state index contributed by atoms with van der Waals surface area (Å²) in [4.78, 5) is 0. The van der Waals surface area contributed by atoms with Gasteiger partial charge in [0.15, 0.2) is 0 Å². The van der Waals surface area contributed by atoms with E-state index in [4.69, 9.17) is 9.26 Å². The van der Waals surface area contributed by atoms with E-state index in [0.29, 0.717) is 5.92 Å². The SMILES string of the molecule is CCO[C@@H]1CNCCC1c1ccno1. The molecule has 78 valence electrons. The lowest BCUT2D eigenvalue weighted by atomic mass is 9.92. The molecule has 0 radical (unpaired) electrons. The zero-order valence-corrected chi connectivity index (χ0v) is 8.40. The highest BCUT2D eigenvalue weighted by Gasteiger charge is 2.29. The number of nitrogens with one attached hydrogen (secondary N) is 1. The second-order valence-corrected chi connectivity index (χ2v) is 3.51. The molecule has 1 aromatic rings. The number of rotatable bonds is 3. The molecule has 1 aliphatic rings. The van der Waals surface area contributed by atoms with Gasteiger partial charge in [0.25, 0.3) is 0 Å². The standard InChI is InChI=1S/C10H16N2O2/c1-2-13-10-7-11-5-3-8(10)9-4-6-12-14-9/h4,6,8,10-11H,2-3,5,7H2,1H3/t8?,10-/m1/s1. The van der Waals surface area contributed by atoms with Crippen molar-refractivity contribution in [2.45, 2.75) is 25.4 Å². The van der Waals surface area contributed by atoms with Crippen LogP contribution in [-0.2, 0) is 4.74 Å². The van der Waals surface area contributed by atoms with Gasteiger partial charge in [-0.15, -0.1) is 0 Å². The molecule has 1 aliphatic heterocycles. The van der Waals surface area contributed by atoms with Gasteiger partial charge < -0.3 is 14.6 Å². The van der Waals surface area contributed by atoms with E-state index in [2.05, 4.69) is 10.5 Å². The maximum atomic E-state index is 5.67. The number of ether oxygens (including phenoxy) is 1. The Kier molecular flexibility index (Phi) is 3.16. The molecule has 1 aromatic heterocycles. The van der Waals surface area contributed by atoms with E-state index < -0.39 is 0 Å². The van der Waals surface area contributed by atoms with Gasteiger partial charge in [0.05, 0.1) is 12.3 Å². The van der Waals surface area contributed by atoms with Crippen LogP contribution in [0.4, 0.5) is 0 Å². The average molecular weight is 196 g/mol. The number of hydrogen-bond acceptors (Lipinski definition) is 4. The molecule has 4 nitrogen and oxygen atoms in total. The van der Waals surface area contributed by atoms with E-state index in [1.807, 2.05) is 13.0 Å². The first-order valence-electron chi connectivity index (χ1n) is 5.14. The van der Waals surface area contributed by atoms with Crippen LogP contribution in [0.2, 0.25) is 0 Å². The molecule has 14 heavy (non-hydrogen) atoms. The molecule has 4 heteroatoms. The van der Waals surface area contributed by atoms with Crippen molar-refractivity contribution in [1.82, 2.24) is 10.5 Å². The van der Waals surface area contributed by atoms with Crippen molar-refractivity contribution in [1.29, 1.82) is 0 Å². The third-order valence-corrected chi connectivity index (χ3v) is 2.63. The predicted octanol–water partition coefficient (Wildman–Crippen LogP) is 1.16. The summed E-state index contributed by atoms with van der Waals surface area (Å²) >= 11 is 0. The van der Waals surface area contributed by atoms with Crippen LogP contribution >= 0.6 is 0 Å². The lowest BCUT2D eigenvalue weighted by molar-refractivity contribution is 0.0230. The van der Waals surface area contributed by atoms with Crippen molar-refractivity contribution in [3.05, 3.63) is 18.0 Å². The van der Waals surface area contributed by atoms with Crippen LogP contribution in [-0.4, -0.2) is 31.0 Å². The molecule has 1 N–H and O–H groups in total. The molecule has 0 saturated carbocycles. The van der Waals surface area contributed by atoms with Crippen LogP contribution in [0.5, 0.6) is 0 Å². The molecule has 0 amide bonds. The van der Waals surface area contributed by atoms with Crippen LogP contribution < -0.4 is 5.32 Å². The van der Waals surface area contributed by atoms with E-state index in [-0.39, 0.29) is 6.10 Å². The van der Waals surface area contributed by atoms with Gasteiger partial charge in [-0.25, -0.2) is 0 Å². The molecule has 0 spiro atoms. The summed E-state index contributed by atoms with van der Waals surface area (Å²) in [5.41, 5.74) is 0. The van der Waals surface area contributed by atoms with E-state index in [0.717, 1.165) is 31.9 Å². The summed E-state index contributed by atoms with van der Waals surface area (Å²) in [6.45, 7) is 4.69. The molecule has 1 fully saturated rings. The summed E-state index contributed by atoms with van der Waals surface area (Å²) in [5.74, 6) is 1.31. The van der Waals surface area contributed by atoms with E-state index in [1.165, 1.54) is 0 Å². The fourth-order valence-electron chi connectivity index (χ4n) is 1.96. The molecular weight excluding hydrogens is 180 g/mol. The lowest BCUT2D eigenvalue weighted by Gasteiger charge is -2.29. The van der Waals surface area contributed by atoms with Crippen molar-refractivity contribution in [2.75, 3.05) is 19.7 Å². The molecule has 2 atom stereocenters. The molecule has 2 heterocycles. The van der Waals surface area contributed by atoms with Crippen LogP contribution in [0, 0.1) is 0 Å². The highest BCUT2D eigenvalue weighted by Crippen LogP contribution is 2.27. The largest absolute Gasteiger partial charge is 0.376 e. The predicted molar refractivity (Wildman–Crippen MR) is 52.1 cm³/mol. The second-order valence-electron chi connectivity index (χ2n) is 3.51. The van der Waals surface area contributed by atoms with Crippen molar-refractivity contribution < 1.29 is 9.26 Å². The summed E-state index contributed by atoms with van der Waals surface area (Å²) in [6.07, 6.45) is 2.97. The molecule has 0 aromatic carbocycles. The Balaban J connectivity index is 2.06. The Labute approximate surface area is 83.6 Å². The van der Waals surface area contributed by atoms with Crippen LogP contribution in [0.15, 0.2) is 16.8 Å². The fourth-order valence-corrected chi connectivity index (χ4v) is 1.96. The third-order valence-electron chi connectivity index (χ3n) is 2.63. The highest BCUT2D eigenvalue weighted by molar-refractivity contribution is 5.06. The van der Waals surface area contributed by atoms with Gasteiger partial charge in [-0.1, -0.05) is 5.16 Å². The minimum absolute atomic E-state index is 0.224. The lowest BCUT2D eigenvalue weighted by Crippen LogP contribution is -2.40. The van der Waals surface area contributed by atoms with Gasteiger partial charge in [0, 0.05) is 25.1 Å². The molecule has 0 aliphatic carbocycles. The van der Waals surface area contributed by atoms with Crippen molar-refractivity contribution in [3.8, 4) is 0 Å². The second kappa shape index (κ2) is 4.57. The fraction of sp³-hybridized carbons (Fsp3) is 0.700. The first kappa shape index (κ1) is 9.68. The van der Waals surface area contributed by atoms with E-state index in [1.54, 1.807) is 6.20 Å². The monoisotopic (exact) mass is 196 g/mol. The molecule has 1 unspecified atom stereocenters. The Bertz CT molecular complexity index is 259. The molecule has 1 saturated heterocycles. The van der Waals surface area contributed by atoms with Crippen LogP contribution in [0.25, 0.3) is 0 Å². The zero-order chi connectivity index (χ0) is 9.80. The minimum atomic E-state index is 0.224. The first-order valence-corrected chi connectivity index (χ1v) is 5.14. The quantitative estimate of drug-likeness (QED) is 0.788. The van der Waals surface area contributed by atoms with Crippen LogP contribution in [0.1, 0.15) is 25.0 Å². The number of hydrogen-bond donors (Lipinski definition) is 1. The third kappa shape index (κ3) is 1.96. The van der Waals surface area contributed by atoms with E-state index in [9.17, 15) is 0 Å². The molecular formula is C10H16N2O2. The molecule has 2 rings (SSSR count). The topological polar surface area (TPSA) is 47.3 Å². The zero-order valence-electron chi connectivity index (χ0n) is 8.40. The first-order chi connectivity index (χ1) is 6.92. The molecule has 0 bridgehead atoms. The maximum absolute atomic E-state index is 5.67. The van der Waals surface area contributed by atoms with Crippen molar-refractivity contribution in [3.63, 3.8) is 0 Å². The van der Waals surface area contributed by atoms with Gasteiger partial charge in [-0.2, -0.15) is 0 Å². The number of aromatic nitrogens is 1. The van der Waals surface area contributed by atoms with Crippen LogP contribution in [0.3, 0.4) is 0 Å². The summed E-state index contributed by atoms with van der Waals surface area (Å²) in [5, 5.41) is 7.07. The van der Waals surface area contributed by atoms with Gasteiger partial charge >= 0.3 is 0 Å². The van der Waals surface area contributed by atoms with Gasteiger partial charge in [0.2, 0.25) is 0 Å². The number of piperidine rings is 1. The Hall–Kier alpha value is -0.870. The summed E-state index contributed by atoms with van der Waals surface area (Å²) in [6, 6.07) is 1.93. The summed E-state index contributed by atoms with van der Waals surface area (Å²) < 4.78 is 10.9.